The first-order valence-electron chi connectivity index (χ1n) is 8.45. The van der Waals surface area contributed by atoms with Gasteiger partial charge in [0.1, 0.15) is 22.5 Å². The highest BCUT2D eigenvalue weighted by Gasteiger charge is 2.36. The lowest BCUT2D eigenvalue weighted by atomic mass is 9.91. The number of carbonyl (C=O) groups is 1. The van der Waals surface area contributed by atoms with E-state index in [1.807, 2.05) is 45.3 Å². The predicted octanol–water partition coefficient (Wildman–Crippen LogP) is 4.77. The van der Waals surface area contributed by atoms with Crippen molar-refractivity contribution in [3.05, 3.63) is 51.7 Å². The van der Waals surface area contributed by atoms with Crippen molar-refractivity contribution in [3.63, 3.8) is 0 Å². The molecule has 0 aliphatic carbocycles. The van der Waals surface area contributed by atoms with Crippen molar-refractivity contribution >= 4 is 33.2 Å². The maximum atomic E-state index is 12.7. The van der Waals surface area contributed by atoms with E-state index in [9.17, 15) is 4.79 Å². The number of nitrogens with zero attached hydrogens (tertiary/aromatic N) is 3. The van der Waals surface area contributed by atoms with Gasteiger partial charge in [0.25, 0.3) is 0 Å². The minimum absolute atomic E-state index is 0.305. The quantitative estimate of drug-likeness (QED) is 0.541. The van der Waals surface area contributed by atoms with E-state index in [1.54, 1.807) is 16.3 Å². The summed E-state index contributed by atoms with van der Waals surface area (Å²) in [6, 6.07) is 5.74. The Labute approximate surface area is 169 Å². The van der Waals surface area contributed by atoms with Crippen LogP contribution in [0.25, 0.3) is 10.6 Å². The zero-order valence-corrected chi connectivity index (χ0v) is 17.5. The second-order valence-electron chi connectivity index (χ2n) is 7.08. The normalized spacial score (nSPS) is 17.9. The van der Waals surface area contributed by atoms with E-state index >= 15 is 0 Å². The van der Waals surface area contributed by atoms with Gasteiger partial charge in [0, 0.05) is 40.6 Å². The van der Waals surface area contributed by atoms with Crippen LogP contribution in [-0.2, 0) is 11.8 Å². The molecule has 0 fully saturated rings. The van der Waals surface area contributed by atoms with Gasteiger partial charge in [-0.2, -0.15) is 5.10 Å². The van der Waals surface area contributed by atoms with Crippen LogP contribution < -0.4 is 4.74 Å². The van der Waals surface area contributed by atoms with Gasteiger partial charge in [-0.3, -0.25) is 4.68 Å². The van der Waals surface area contributed by atoms with Gasteiger partial charge in [-0.1, -0.05) is 15.9 Å². The molecule has 1 unspecified atom stereocenters. The van der Waals surface area contributed by atoms with Crippen LogP contribution in [0.1, 0.15) is 42.4 Å². The zero-order valence-electron chi connectivity index (χ0n) is 15.1. The van der Waals surface area contributed by atoms with Crippen LogP contribution in [0, 0.1) is 0 Å². The smallest absolute Gasteiger partial charge is 0.358 e. The number of carbonyl (C=O) groups excluding carboxylic acids is 1. The summed E-state index contributed by atoms with van der Waals surface area (Å²) in [5, 5.41) is 6.60. The highest BCUT2D eigenvalue weighted by Crippen LogP contribution is 2.42. The molecule has 0 saturated carbocycles. The Morgan fingerprint density at radius 1 is 1.44 bits per heavy atom. The lowest BCUT2D eigenvalue weighted by Gasteiger charge is -2.37. The number of ether oxygens (including phenoxy) is 2. The second kappa shape index (κ2) is 6.76. The summed E-state index contributed by atoms with van der Waals surface area (Å²) >= 11 is 4.87. The van der Waals surface area contributed by atoms with Crippen molar-refractivity contribution in [3.8, 4) is 16.3 Å². The van der Waals surface area contributed by atoms with Crippen LogP contribution >= 0.6 is 27.3 Å². The minimum Gasteiger partial charge on any atom is -0.487 e. The van der Waals surface area contributed by atoms with E-state index in [2.05, 4.69) is 26.0 Å². The third-order valence-electron chi connectivity index (χ3n) is 4.30. The van der Waals surface area contributed by atoms with E-state index in [0.29, 0.717) is 12.1 Å². The Kier molecular flexibility index (Phi) is 4.55. The largest absolute Gasteiger partial charge is 0.487 e. The first kappa shape index (κ1) is 18.2. The summed E-state index contributed by atoms with van der Waals surface area (Å²) in [6.07, 6.45) is 3.77. The number of aryl methyl sites for hydroxylation is 1. The highest BCUT2D eigenvalue weighted by atomic mass is 79.9. The van der Waals surface area contributed by atoms with Crippen molar-refractivity contribution in [1.82, 2.24) is 14.8 Å². The first-order chi connectivity index (χ1) is 12.8. The summed E-state index contributed by atoms with van der Waals surface area (Å²) in [7, 11) is 1.84. The fraction of sp³-hybridized carbons (Fsp3) is 0.316. The number of thiazole rings is 1. The van der Waals surface area contributed by atoms with Gasteiger partial charge >= 0.3 is 5.97 Å². The molecule has 1 aliphatic rings. The van der Waals surface area contributed by atoms with Crippen molar-refractivity contribution < 1.29 is 14.3 Å². The highest BCUT2D eigenvalue weighted by molar-refractivity contribution is 9.10. The van der Waals surface area contributed by atoms with Gasteiger partial charge in [-0.05, 0) is 32.0 Å². The van der Waals surface area contributed by atoms with E-state index in [1.165, 1.54) is 11.3 Å². The van der Waals surface area contributed by atoms with Crippen LogP contribution in [0.4, 0.5) is 0 Å². The van der Waals surface area contributed by atoms with Crippen molar-refractivity contribution in [2.24, 2.45) is 7.05 Å². The van der Waals surface area contributed by atoms with Crippen molar-refractivity contribution in [2.45, 2.75) is 32.0 Å². The summed E-state index contributed by atoms with van der Waals surface area (Å²) in [6.45, 7) is 3.98. The molecule has 140 valence electrons. The fourth-order valence-electron chi connectivity index (χ4n) is 3.09. The lowest BCUT2D eigenvalue weighted by molar-refractivity contribution is -0.0165. The topological polar surface area (TPSA) is 66.2 Å². The van der Waals surface area contributed by atoms with Gasteiger partial charge in [0.05, 0.1) is 6.20 Å². The SMILES string of the molecule is Cn1cc(-c2nc(C(=O)OC3CC(C)(C)Oc4ccc(Br)cc43)cs2)cn1. The van der Waals surface area contributed by atoms with Crippen molar-refractivity contribution in [2.75, 3.05) is 0 Å². The van der Waals surface area contributed by atoms with Crippen LogP contribution in [0.5, 0.6) is 5.75 Å². The van der Waals surface area contributed by atoms with Crippen LogP contribution in [0.2, 0.25) is 0 Å². The molecular weight excluding hydrogens is 430 g/mol. The summed E-state index contributed by atoms with van der Waals surface area (Å²) in [5.74, 6) is 0.302. The van der Waals surface area contributed by atoms with Crippen LogP contribution in [0.3, 0.4) is 0 Å². The Balaban J connectivity index is 1.58. The van der Waals surface area contributed by atoms with E-state index in [0.717, 1.165) is 26.4 Å². The van der Waals surface area contributed by atoms with Gasteiger partial charge in [0.2, 0.25) is 0 Å². The van der Waals surface area contributed by atoms with Gasteiger partial charge in [-0.25, -0.2) is 9.78 Å². The third kappa shape index (κ3) is 3.77. The maximum Gasteiger partial charge on any atom is 0.358 e. The number of benzene rings is 1. The van der Waals surface area contributed by atoms with Gasteiger partial charge in [0.15, 0.2) is 5.69 Å². The molecule has 4 rings (SSSR count). The summed E-state index contributed by atoms with van der Waals surface area (Å²) in [5.41, 5.74) is 1.62. The zero-order chi connectivity index (χ0) is 19.2. The molecule has 8 heteroatoms. The monoisotopic (exact) mass is 447 g/mol. The van der Waals surface area contributed by atoms with Crippen LogP contribution in [0.15, 0.2) is 40.4 Å². The van der Waals surface area contributed by atoms with Crippen molar-refractivity contribution in [1.29, 1.82) is 0 Å². The summed E-state index contributed by atoms with van der Waals surface area (Å²) < 4.78 is 14.5. The molecule has 0 spiro atoms. The average molecular weight is 448 g/mol. The number of rotatable bonds is 3. The molecule has 1 aliphatic heterocycles. The maximum absolute atomic E-state index is 12.7. The Morgan fingerprint density at radius 2 is 2.26 bits per heavy atom. The molecular formula is C19H18BrN3O3S. The molecule has 0 amide bonds. The minimum atomic E-state index is -0.435. The fourth-order valence-corrected chi connectivity index (χ4v) is 4.23. The first-order valence-corrected chi connectivity index (χ1v) is 10.1. The number of hydrogen-bond donors (Lipinski definition) is 0. The lowest BCUT2D eigenvalue weighted by Crippen LogP contribution is -2.36. The summed E-state index contributed by atoms with van der Waals surface area (Å²) in [4.78, 5) is 17.1. The number of halogens is 1. The predicted molar refractivity (Wildman–Crippen MR) is 106 cm³/mol. The molecule has 0 bridgehead atoms. The molecule has 6 nitrogen and oxygen atoms in total. The standard InChI is InChI=1S/C19H18BrN3O3S/c1-19(2)7-16(13-6-12(20)4-5-15(13)26-19)25-18(24)14-10-27-17(22-14)11-8-21-23(3)9-11/h4-6,8-10,16H,7H2,1-3H3. The van der Waals surface area contributed by atoms with Crippen LogP contribution in [-0.4, -0.2) is 26.3 Å². The third-order valence-corrected chi connectivity index (χ3v) is 5.68. The molecule has 0 radical (unpaired) electrons. The molecule has 0 saturated heterocycles. The Bertz CT molecular complexity index is 1010. The number of hydrogen-bond acceptors (Lipinski definition) is 6. The Hall–Kier alpha value is -2.19. The Morgan fingerprint density at radius 3 is 3.00 bits per heavy atom. The molecule has 0 N–H and O–H groups in total. The molecule has 3 heterocycles. The molecule has 27 heavy (non-hydrogen) atoms. The van der Waals surface area contributed by atoms with E-state index in [-0.39, 0.29) is 0 Å². The molecule has 3 aromatic rings. The molecule has 2 aromatic heterocycles. The van der Waals surface area contributed by atoms with Gasteiger partial charge < -0.3 is 9.47 Å². The van der Waals surface area contributed by atoms with E-state index < -0.39 is 17.7 Å². The molecule has 1 aromatic carbocycles. The van der Waals surface area contributed by atoms with Gasteiger partial charge in [-0.15, -0.1) is 11.3 Å². The second-order valence-corrected chi connectivity index (χ2v) is 8.86. The number of esters is 1. The number of aromatic nitrogens is 3. The average Bonchev–Trinajstić information content (AvgIpc) is 3.23. The molecule has 1 atom stereocenters. The number of fused-ring (bicyclic) bond motifs is 1. The van der Waals surface area contributed by atoms with E-state index in [4.69, 9.17) is 9.47 Å².